The van der Waals surface area contributed by atoms with Crippen LogP contribution >= 0.6 is 0 Å². The number of piperidine rings is 1. The molecule has 4 heteroatoms. The molecular formula is C20H21N3O. The Kier molecular flexibility index (Phi) is 2.68. The summed E-state index contributed by atoms with van der Waals surface area (Å²) in [6.07, 6.45) is 3.97. The van der Waals surface area contributed by atoms with Crippen molar-refractivity contribution < 1.29 is 4.79 Å². The van der Waals surface area contributed by atoms with Crippen molar-refractivity contribution >= 4 is 11.7 Å². The number of rotatable bonds is 1. The van der Waals surface area contributed by atoms with Crippen LogP contribution in [0.15, 0.2) is 48.7 Å². The van der Waals surface area contributed by atoms with E-state index in [1.165, 1.54) is 5.56 Å². The van der Waals surface area contributed by atoms with Gasteiger partial charge in [0.15, 0.2) is 0 Å². The SMILES string of the molecule is C[C@@]12C[C@H]3CN(C(=O)c4ccccc4)CC[C@]31Nc1ncccc12. The number of carbonyl (C=O) groups is 1. The largest absolute Gasteiger partial charge is 0.363 e. The lowest BCUT2D eigenvalue weighted by Gasteiger charge is -2.63. The monoisotopic (exact) mass is 319 g/mol. The maximum atomic E-state index is 12.8. The molecule has 1 amide bonds. The molecule has 5 rings (SSSR count). The fourth-order valence-corrected chi connectivity index (χ4v) is 5.30. The molecule has 3 atom stereocenters. The molecule has 1 saturated heterocycles. The Morgan fingerprint density at radius 2 is 2.08 bits per heavy atom. The maximum absolute atomic E-state index is 12.8. The number of hydrogen-bond donors (Lipinski definition) is 1. The minimum absolute atomic E-state index is 0.0805. The molecule has 1 aromatic heterocycles. The quantitative estimate of drug-likeness (QED) is 0.878. The number of pyridine rings is 1. The van der Waals surface area contributed by atoms with Crippen LogP contribution in [0.25, 0.3) is 0 Å². The number of carbonyl (C=O) groups excluding carboxylic acids is 1. The first kappa shape index (κ1) is 14.0. The summed E-state index contributed by atoms with van der Waals surface area (Å²) >= 11 is 0. The van der Waals surface area contributed by atoms with E-state index in [4.69, 9.17) is 0 Å². The predicted molar refractivity (Wildman–Crippen MR) is 93.0 cm³/mol. The number of benzene rings is 1. The molecule has 1 saturated carbocycles. The molecular weight excluding hydrogens is 298 g/mol. The standard InChI is InChI=1S/C20H21N3O/c1-19-12-15-13-23(18(24)14-6-3-2-4-7-14)11-9-20(15,19)22-17-16(19)8-5-10-21-17/h2-8,10,15H,9,11-13H2,1H3,(H,21,22)/t15-,19-,20-/m0/s1. The van der Waals surface area contributed by atoms with Crippen molar-refractivity contribution in [3.8, 4) is 0 Å². The second-order valence-corrected chi connectivity index (χ2v) is 7.60. The average Bonchev–Trinajstić information content (AvgIpc) is 2.79. The summed E-state index contributed by atoms with van der Waals surface area (Å²) in [5.41, 5.74) is 2.38. The molecule has 0 radical (unpaired) electrons. The average molecular weight is 319 g/mol. The van der Waals surface area contributed by atoms with Crippen LogP contribution in [-0.2, 0) is 5.41 Å². The van der Waals surface area contributed by atoms with Gasteiger partial charge in [-0.3, -0.25) is 4.79 Å². The Morgan fingerprint density at radius 3 is 2.88 bits per heavy atom. The predicted octanol–water partition coefficient (Wildman–Crippen LogP) is 3.07. The third kappa shape index (κ3) is 1.58. The highest BCUT2D eigenvalue weighted by molar-refractivity contribution is 5.94. The second kappa shape index (κ2) is 4.59. The molecule has 4 nitrogen and oxygen atoms in total. The zero-order valence-corrected chi connectivity index (χ0v) is 13.8. The Labute approximate surface area is 141 Å². The van der Waals surface area contributed by atoms with Crippen molar-refractivity contribution in [2.45, 2.75) is 30.7 Å². The van der Waals surface area contributed by atoms with Gasteiger partial charge in [-0.05, 0) is 31.0 Å². The fraction of sp³-hybridized carbons (Fsp3) is 0.400. The maximum Gasteiger partial charge on any atom is 0.253 e. The Balaban J connectivity index is 1.41. The lowest BCUT2D eigenvalue weighted by Crippen LogP contribution is -2.72. The van der Waals surface area contributed by atoms with E-state index in [0.717, 1.165) is 37.3 Å². The van der Waals surface area contributed by atoms with E-state index in [-0.39, 0.29) is 16.9 Å². The molecule has 24 heavy (non-hydrogen) atoms. The number of amides is 1. The first-order valence-electron chi connectivity index (χ1n) is 8.72. The second-order valence-electron chi connectivity index (χ2n) is 7.60. The van der Waals surface area contributed by atoms with E-state index in [2.05, 4.69) is 23.3 Å². The zero-order chi connectivity index (χ0) is 16.4. The topological polar surface area (TPSA) is 45.2 Å². The Bertz CT molecular complexity index is 821. The summed E-state index contributed by atoms with van der Waals surface area (Å²) in [6.45, 7) is 4.00. The third-order valence-electron chi connectivity index (χ3n) is 6.60. The first-order valence-corrected chi connectivity index (χ1v) is 8.72. The van der Waals surface area contributed by atoms with Gasteiger partial charge in [0.25, 0.3) is 5.91 Å². The van der Waals surface area contributed by atoms with E-state index >= 15 is 0 Å². The highest BCUT2D eigenvalue weighted by atomic mass is 16.2. The van der Waals surface area contributed by atoms with Crippen LogP contribution in [0.5, 0.6) is 0 Å². The summed E-state index contributed by atoms with van der Waals surface area (Å²) in [4.78, 5) is 19.3. The number of hydrogen-bond acceptors (Lipinski definition) is 3. The van der Waals surface area contributed by atoms with Gasteiger partial charge in [0.2, 0.25) is 0 Å². The number of nitrogens with one attached hydrogen (secondary N) is 1. The van der Waals surface area contributed by atoms with Crippen molar-refractivity contribution in [3.63, 3.8) is 0 Å². The van der Waals surface area contributed by atoms with Crippen LogP contribution in [0.3, 0.4) is 0 Å². The van der Waals surface area contributed by atoms with Crippen LogP contribution in [0, 0.1) is 5.92 Å². The molecule has 2 aromatic rings. The molecule has 3 heterocycles. The van der Waals surface area contributed by atoms with Crippen LogP contribution in [0.2, 0.25) is 0 Å². The molecule has 1 aliphatic carbocycles. The molecule has 0 bridgehead atoms. The highest BCUT2D eigenvalue weighted by Gasteiger charge is 2.69. The van der Waals surface area contributed by atoms with Gasteiger partial charge in [-0.25, -0.2) is 4.98 Å². The van der Waals surface area contributed by atoms with Gasteiger partial charge < -0.3 is 10.2 Å². The summed E-state index contributed by atoms with van der Waals surface area (Å²) in [7, 11) is 0. The summed E-state index contributed by atoms with van der Waals surface area (Å²) < 4.78 is 0. The third-order valence-corrected chi connectivity index (χ3v) is 6.60. The number of fused-ring (bicyclic) bond motifs is 2. The number of aromatic nitrogens is 1. The van der Waals surface area contributed by atoms with Crippen LogP contribution < -0.4 is 5.32 Å². The van der Waals surface area contributed by atoms with Gasteiger partial charge in [-0.2, -0.15) is 0 Å². The van der Waals surface area contributed by atoms with Crippen molar-refractivity contribution in [1.29, 1.82) is 0 Å². The number of anilines is 1. The molecule has 3 aliphatic rings. The molecule has 1 spiro atoms. The molecule has 1 aromatic carbocycles. The summed E-state index contributed by atoms with van der Waals surface area (Å²) in [6, 6.07) is 13.9. The summed E-state index contributed by atoms with van der Waals surface area (Å²) in [5.74, 6) is 1.70. The van der Waals surface area contributed by atoms with E-state index in [9.17, 15) is 4.79 Å². The van der Waals surface area contributed by atoms with E-state index in [1.807, 2.05) is 47.5 Å². The Hall–Kier alpha value is -2.36. The molecule has 1 N–H and O–H groups in total. The van der Waals surface area contributed by atoms with Gasteiger partial charge in [-0.15, -0.1) is 0 Å². The van der Waals surface area contributed by atoms with Crippen molar-refractivity contribution in [2.75, 3.05) is 18.4 Å². The normalized spacial score (nSPS) is 32.9. The van der Waals surface area contributed by atoms with Crippen LogP contribution in [0.4, 0.5) is 5.82 Å². The van der Waals surface area contributed by atoms with E-state index in [0.29, 0.717) is 5.92 Å². The number of likely N-dealkylation sites (tertiary alicyclic amines) is 1. The van der Waals surface area contributed by atoms with Gasteiger partial charge in [-0.1, -0.05) is 31.2 Å². The minimum atomic E-state index is 0.0805. The number of nitrogens with zero attached hydrogens (tertiary/aromatic N) is 2. The van der Waals surface area contributed by atoms with Crippen LogP contribution in [0.1, 0.15) is 35.7 Å². The van der Waals surface area contributed by atoms with Gasteiger partial charge in [0.05, 0.1) is 5.54 Å². The fourth-order valence-electron chi connectivity index (χ4n) is 5.30. The Morgan fingerprint density at radius 1 is 1.25 bits per heavy atom. The van der Waals surface area contributed by atoms with Crippen molar-refractivity contribution in [1.82, 2.24) is 9.88 Å². The highest BCUT2D eigenvalue weighted by Crippen LogP contribution is 2.64. The van der Waals surface area contributed by atoms with Gasteiger partial charge >= 0.3 is 0 Å². The van der Waals surface area contributed by atoms with E-state index in [1.54, 1.807) is 0 Å². The summed E-state index contributed by atoms with van der Waals surface area (Å²) in [5, 5.41) is 3.74. The van der Waals surface area contributed by atoms with Gasteiger partial charge in [0.1, 0.15) is 5.82 Å². The molecule has 122 valence electrons. The minimum Gasteiger partial charge on any atom is -0.363 e. The van der Waals surface area contributed by atoms with Gasteiger partial charge in [0, 0.05) is 41.7 Å². The van der Waals surface area contributed by atoms with Crippen LogP contribution in [-0.4, -0.2) is 34.4 Å². The zero-order valence-electron chi connectivity index (χ0n) is 13.8. The van der Waals surface area contributed by atoms with Crippen molar-refractivity contribution in [3.05, 3.63) is 59.8 Å². The lowest BCUT2D eigenvalue weighted by molar-refractivity contribution is -0.0271. The molecule has 2 aliphatic heterocycles. The van der Waals surface area contributed by atoms with E-state index < -0.39 is 0 Å². The smallest absolute Gasteiger partial charge is 0.253 e. The lowest BCUT2D eigenvalue weighted by atomic mass is 9.46. The molecule has 0 unspecified atom stereocenters. The molecule has 2 fully saturated rings. The van der Waals surface area contributed by atoms with Crippen molar-refractivity contribution in [2.24, 2.45) is 5.92 Å². The first-order chi connectivity index (χ1) is 11.6.